The van der Waals surface area contributed by atoms with Crippen LogP contribution in [-0.2, 0) is 6.42 Å². The summed E-state index contributed by atoms with van der Waals surface area (Å²) in [5.74, 6) is -0.502. The number of aromatic nitrogens is 1. The van der Waals surface area contributed by atoms with Crippen LogP contribution in [0.15, 0.2) is 53.4 Å². The van der Waals surface area contributed by atoms with Gasteiger partial charge in [0.1, 0.15) is 5.82 Å². The third-order valence-electron chi connectivity index (χ3n) is 6.10. The molecule has 2 aliphatic heterocycles. The summed E-state index contributed by atoms with van der Waals surface area (Å²) >= 11 is 1.89. The molecule has 0 radical (unpaired) electrons. The summed E-state index contributed by atoms with van der Waals surface area (Å²) < 4.78 is 14.8. The summed E-state index contributed by atoms with van der Waals surface area (Å²) in [4.78, 5) is 17.2. The van der Waals surface area contributed by atoms with Crippen LogP contribution in [0.25, 0.3) is 22.3 Å². The minimum Gasteiger partial charge on any atom is -0.383 e. The molecule has 4 N–H and O–H groups in total. The molecule has 1 saturated heterocycles. The van der Waals surface area contributed by atoms with E-state index in [4.69, 9.17) is 5.73 Å². The monoisotopic (exact) mass is 448 g/mol. The van der Waals surface area contributed by atoms with Crippen molar-refractivity contribution in [3.63, 3.8) is 0 Å². The SMILES string of the molecule is Nc1nc(F)c(-c2ccc(SC3CCNCC3)cc2)cc1-c1ccc2c(c1)CCNC2=O. The van der Waals surface area contributed by atoms with Crippen LogP contribution >= 0.6 is 11.8 Å². The number of nitrogens with one attached hydrogen (secondary N) is 2. The van der Waals surface area contributed by atoms with Gasteiger partial charge in [0.15, 0.2) is 0 Å². The number of benzene rings is 2. The molecule has 2 aromatic carbocycles. The van der Waals surface area contributed by atoms with Gasteiger partial charge in [-0.15, -0.1) is 11.8 Å². The molecule has 5 nitrogen and oxygen atoms in total. The molecule has 3 aromatic rings. The number of hydrogen-bond donors (Lipinski definition) is 3. The van der Waals surface area contributed by atoms with Gasteiger partial charge in [0.2, 0.25) is 5.95 Å². The zero-order valence-corrected chi connectivity index (χ0v) is 18.5. The molecule has 0 spiro atoms. The Morgan fingerprint density at radius 1 is 0.938 bits per heavy atom. The highest BCUT2D eigenvalue weighted by Gasteiger charge is 2.19. The maximum Gasteiger partial charge on any atom is 0.251 e. The van der Waals surface area contributed by atoms with Crippen molar-refractivity contribution in [3.05, 3.63) is 65.6 Å². The summed E-state index contributed by atoms with van der Waals surface area (Å²) in [6.07, 6.45) is 3.08. The van der Waals surface area contributed by atoms with Crippen LogP contribution in [0, 0.1) is 5.95 Å². The van der Waals surface area contributed by atoms with Crippen LogP contribution < -0.4 is 16.4 Å². The lowest BCUT2D eigenvalue weighted by Gasteiger charge is -2.22. The zero-order chi connectivity index (χ0) is 22.1. The third-order valence-corrected chi connectivity index (χ3v) is 7.45. The van der Waals surface area contributed by atoms with Crippen LogP contribution in [0.1, 0.15) is 28.8 Å². The van der Waals surface area contributed by atoms with Crippen molar-refractivity contribution < 1.29 is 9.18 Å². The Balaban J connectivity index is 1.44. The molecule has 0 atom stereocenters. The predicted octanol–water partition coefficient (Wildman–Crippen LogP) is 4.27. The number of nitrogen functional groups attached to an aromatic ring is 1. The fourth-order valence-electron chi connectivity index (χ4n) is 4.35. The number of nitrogens with two attached hydrogens (primary N) is 1. The molecular weight excluding hydrogens is 423 g/mol. The van der Waals surface area contributed by atoms with Gasteiger partial charge in [0.25, 0.3) is 5.91 Å². The van der Waals surface area contributed by atoms with E-state index in [-0.39, 0.29) is 11.7 Å². The molecule has 5 rings (SSSR count). The first kappa shape index (κ1) is 21.0. The van der Waals surface area contributed by atoms with Crippen molar-refractivity contribution in [1.29, 1.82) is 0 Å². The average molecular weight is 449 g/mol. The molecule has 164 valence electrons. The molecule has 3 heterocycles. The Bertz CT molecular complexity index is 1160. The molecule has 0 saturated carbocycles. The van der Waals surface area contributed by atoms with Crippen LogP contribution in [0.2, 0.25) is 0 Å². The number of carbonyl (C=O) groups excluding carboxylic acids is 1. The van der Waals surface area contributed by atoms with Crippen LogP contribution in [0.4, 0.5) is 10.2 Å². The summed E-state index contributed by atoms with van der Waals surface area (Å²) in [5.41, 5.74) is 10.4. The largest absolute Gasteiger partial charge is 0.383 e. The first-order valence-electron chi connectivity index (χ1n) is 10.9. The number of anilines is 1. The fraction of sp³-hybridized carbons (Fsp3) is 0.280. The highest BCUT2D eigenvalue weighted by Crippen LogP contribution is 2.35. The van der Waals surface area contributed by atoms with Crippen LogP contribution in [0.3, 0.4) is 0 Å². The Labute approximate surface area is 191 Å². The lowest BCUT2D eigenvalue weighted by atomic mass is 9.94. The van der Waals surface area contributed by atoms with Crippen molar-refractivity contribution >= 4 is 23.5 Å². The van der Waals surface area contributed by atoms with E-state index in [2.05, 4.69) is 27.8 Å². The lowest BCUT2D eigenvalue weighted by Crippen LogP contribution is -2.31. The van der Waals surface area contributed by atoms with Crippen molar-refractivity contribution in [2.24, 2.45) is 0 Å². The second kappa shape index (κ2) is 8.92. The quantitative estimate of drug-likeness (QED) is 0.520. The van der Waals surface area contributed by atoms with Gasteiger partial charge in [0, 0.05) is 33.4 Å². The van der Waals surface area contributed by atoms with Gasteiger partial charge >= 0.3 is 0 Å². The summed E-state index contributed by atoms with van der Waals surface area (Å²) in [7, 11) is 0. The number of pyridine rings is 1. The van der Waals surface area contributed by atoms with Crippen molar-refractivity contribution in [2.45, 2.75) is 29.4 Å². The minimum absolute atomic E-state index is 0.0638. The second-order valence-electron chi connectivity index (χ2n) is 8.23. The molecule has 1 fully saturated rings. The number of rotatable bonds is 4. The normalized spacial score (nSPS) is 16.5. The van der Waals surface area contributed by atoms with E-state index in [0.717, 1.165) is 49.0 Å². The molecule has 0 bridgehead atoms. The van der Waals surface area contributed by atoms with Crippen LogP contribution in [0.5, 0.6) is 0 Å². The molecule has 7 heteroatoms. The summed E-state index contributed by atoms with van der Waals surface area (Å²) in [5, 5.41) is 6.85. The summed E-state index contributed by atoms with van der Waals surface area (Å²) in [6, 6.07) is 15.4. The predicted molar refractivity (Wildman–Crippen MR) is 127 cm³/mol. The Kier molecular flexibility index (Phi) is 5.85. The zero-order valence-electron chi connectivity index (χ0n) is 17.7. The Morgan fingerprint density at radius 3 is 2.47 bits per heavy atom. The Morgan fingerprint density at radius 2 is 1.69 bits per heavy atom. The van der Waals surface area contributed by atoms with E-state index in [1.807, 2.05) is 36.0 Å². The number of thioether (sulfide) groups is 1. The van der Waals surface area contributed by atoms with Crippen molar-refractivity contribution in [1.82, 2.24) is 15.6 Å². The number of halogens is 1. The lowest BCUT2D eigenvalue weighted by molar-refractivity contribution is 0.0946. The number of piperidine rings is 1. The van der Waals surface area contributed by atoms with Crippen molar-refractivity contribution in [3.8, 4) is 22.3 Å². The molecule has 1 aromatic heterocycles. The molecular formula is C25H25FN4OS. The summed E-state index contributed by atoms with van der Waals surface area (Å²) in [6.45, 7) is 2.74. The second-order valence-corrected chi connectivity index (χ2v) is 9.60. The standard InChI is InChI=1S/C25H25FN4OS/c26-23-21(15-1-4-18(5-2-15)32-19-8-10-28-11-9-19)14-22(24(27)30-23)16-3-6-20-17(13-16)7-12-29-25(20)31/h1-6,13-14,19,28H,7-12H2,(H2,27,30)(H,29,31). The van der Waals surface area contributed by atoms with Crippen molar-refractivity contribution in [2.75, 3.05) is 25.4 Å². The first-order chi connectivity index (χ1) is 15.6. The highest BCUT2D eigenvalue weighted by molar-refractivity contribution is 8.00. The topological polar surface area (TPSA) is 80.0 Å². The number of hydrogen-bond acceptors (Lipinski definition) is 5. The van der Waals surface area contributed by atoms with Gasteiger partial charge in [-0.1, -0.05) is 24.3 Å². The van der Waals surface area contributed by atoms with E-state index >= 15 is 0 Å². The van der Waals surface area contributed by atoms with E-state index < -0.39 is 5.95 Å². The van der Waals surface area contributed by atoms with E-state index in [1.165, 1.54) is 4.90 Å². The molecule has 32 heavy (non-hydrogen) atoms. The van der Waals surface area contributed by atoms with Gasteiger partial charge in [-0.3, -0.25) is 4.79 Å². The minimum atomic E-state index is -0.581. The maximum atomic E-state index is 14.8. The van der Waals surface area contributed by atoms with Gasteiger partial charge in [-0.25, -0.2) is 4.98 Å². The van der Waals surface area contributed by atoms with Gasteiger partial charge in [0.05, 0.1) is 0 Å². The molecule has 2 aliphatic rings. The number of fused-ring (bicyclic) bond motifs is 1. The fourth-order valence-corrected chi connectivity index (χ4v) is 5.50. The third kappa shape index (κ3) is 4.23. The Hall–Kier alpha value is -2.90. The first-order valence-corrected chi connectivity index (χ1v) is 11.8. The smallest absolute Gasteiger partial charge is 0.251 e. The highest BCUT2D eigenvalue weighted by atomic mass is 32.2. The molecule has 0 aliphatic carbocycles. The van der Waals surface area contributed by atoms with E-state index in [0.29, 0.717) is 28.5 Å². The average Bonchev–Trinajstić information content (AvgIpc) is 2.81. The van der Waals surface area contributed by atoms with E-state index in [1.54, 1.807) is 12.1 Å². The maximum absolute atomic E-state index is 14.8. The molecule has 0 unspecified atom stereocenters. The number of carbonyl (C=O) groups is 1. The molecule has 1 amide bonds. The number of amides is 1. The van der Waals surface area contributed by atoms with Gasteiger partial charge in [-0.2, -0.15) is 4.39 Å². The number of nitrogens with zero attached hydrogens (tertiary/aromatic N) is 1. The van der Waals surface area contributed by atoms with Gasteiger partial charge < -0.3 is 16.4 Å². The van der Waals surface area contributed by atoms with E-state index in [9.17, 15) is 9.18 Å². The van der Waals surface area contributed by atoms with Gasteiger partial charge in [-0.05, 0) is 73.3 Å². The van der Waals surface area contributed by atoms with Crippen LogP contribution in [-0.4, -0.2) is 35.8 Å².